The molecule has 4 heterocycles. The molecular formula is C21H21F2N7O. The zero-order chi connectivity index (χ0) is 21.6. The van der Waals surface area contributed by atoms with E-state index in [9.17, 15) is 8.78 Å². The van der Waals surface area contributed by atoms with Crippen molar-refractivity contribution in [1.29, 1.82) is 0 Å². The maximum absolute atomic E-state index is 14.4. The highest BCUT2D eigenvalue weighted by Gasteiger charge is 2.44. The molecule has 160 valence electrons. The van der Waals surface area contributed by atoms with Crippen LogP contribution in [0.15, 0.2) is 42.9 Å². The average Bonchev–Trinajstić information content (AvgIpc) is 3.18. The van der Waals surface area contributed by atoms with Crippen LogP contribution in [0.3, 0.4) is 0 Å². The van der Waals surface area contributed by atoms with Gasteiger partial charge in [-0.3, -0.25) is 9.97 Å². The molecular weight excluding hydrogens is 404 g/mol. The summed E-state index contributed by atoms with van der Waals surface area (Å²) in [4.78, 5) is 14.6. The monoisotopic (exact) mass is 425 g/mol. The van der Waals surface area contributed by atoms with Gasteiger partial charge in [0, 0.05) is 30.7 Å². The summed E-state index contributed by atoms with van der Waals surface area (Å²) in [7, 11) is 3.19. The second-order valence-electron chi connectivity index (χ2n) is 7.71. The Hall–Kier alpha value is -3.40. The average molecular weight is 425 g/mol. The number of hydrogen-bond acceptors (Lipinski definition) is 7. The number of halogens is 2. The van der Waals surface area contributed by atoms with Gasteiger partial charge in [-0.2, -0.15) is 4.98 Å². The summed E-state index contributed by atoms with van der Waals surface area (Å²) in [6.07, 6.45) is 5.34. The number of methoxy groups -OCH3 is 1. The number of anilines is 1. The highest BCUT2D eigenvalue weighted by molar-refractivity contribution is 5.89. The van der Waals surface area contributed by atoms with E-state index in [2.05, 4.69) is 25.4 Å². The Morgan fingerprint density at radius 3 is 2.74 bits per heavy atom. The summed E-state index contributed by atoms with van der Waals surface area (Å²) < 4.78 is 36.0. The van der Waals surface area contributed by atoms with Gasteiger partial charge in [0.05, 0.1) is 30.7 Å². The van der Waals surface area contributed by atoms with Gasteiger partial charge in [0.2, 0.25) is 11.8 Å². The summed E-state index contributed by atoms with van der Waals surface area (Å²) in [5.74, 6) is -2.48. The normalized spacial score (nSPS) is 19.0. The van der Waals surface area contributed by atoms with Crippen LogP contribution in [0.25, 0.3) is 27.7 Å². The first kappa shape index (κ1) is 19.6. The SMILES string of the molecule is COc1nc(N[C@H]2CCN(C)CC2(F)F)nn2ccc(-c3ccc4nccnc4c3)c12. The maximum Gasteiger partial charge on any atom is 0.280 e. The molecule has 5 rings (SSSR count). The van der Waals surface area contributed by atoms with Crippen molar-refractivity contribution in [3.8, 4) is 17.0 Å². The maximum atomic E-state index is 14.4. The van der Waals surface area contributed by atoms with E-state index >= 15 is 0 Å². The molecule has 1 atom stereocenters. The molecule has 10 heteroatoms. The predicted octanol–water partition coefficient (Wildman–Crippen LogP) is 3.10. The zero-order valence-electron chi connectivity index (χ0n) is 17.1. The summed E-state index contributed by atoms with van der Waals surface area (Å²) in [5.41, 5.74) is 3.96. The van der Waals surface area contributed by atoms with Gasteiger partial charge < -0.3 is 15.0 Å². The highest BCUT2D eigenvalue weighted by atomic mass is 19.3. The lowest BCUT2D eigenvalue weighted by Gasteiger charge is -2.36. The summed E-state index contributed by atoms with van der Waals surface area (Å²) >= 11 is 0. The third-order valence-electron chi connectivity index (χ3n) is 5.55. The van der Waals surface area contributed by atoms with Gasteiger partial charge in [0.15, 0.2) is 0 Å². The van der Waals surface area contributed by atoms with Crippen LogP contribution in [-0.2, 0) is 0 Å². The van der Waals surface area contributed by atoms with Crippen molar-refractivity contribution in [3.63, 3.8) is 0 Å². The molecule has 0 saturated carbocycles. The molecule has 1 fully saturated rings. The van der Waals surface area contributed by atoms with Crippen LogP contribution in [0, 0.1) is 0 Å². The van der Waals surface area contributed by atoms with E-state index in [-0.39, 0.29) is 12.5 Å². The predicted molar refractivity (Wildman–Crippen MR) is 113 cm³/mol. The number of nitrogens with zero attached hydrogens (tertiary/aromatic N) is 6. The number of nitrogens with one attached hydrogen (secondary N) is 1. The summed E-state index contributed by atoms with van der Waals surface area (Å²) in [5, 5.41) is 7.22. The Labute approximate surface area is 176 Å². The molecule has 0 spiro atoms. The van der Waals surface area contributed by atoms with Crippen molar-refractivity contribution >= 4 is 22.5 Å². The van der Waals surface area contributed by atoms with Crippen LogP contribution < -0.4 is 10.1 Å². The van der Waals surface area contributed by atoms with Crippen molar-refractivity contribution < 1.29 is 13.5 Å². The largest absolute Gasteiger partial charge is 0.479 e. The van der Waals surface area contributed by atoms with Gasteiger partial charge in [-0.1, -0.05) is 6.07 Å². The molecule has 0 aliphatic carbocycles. The zero-order valence-corrected chi connectivity index (χ0v) is 17.1. The van der Waals surface area contributed by atoms with Gasteiger partial charge in [-0.15, -0.1) is 5.10 Å². The van der Waals surface area contributed by atoms with Crippen molar-refractivity contribution in [1.82, 2.24) is 29.5 Å². The number of aromatic nitrogens is 5. The summed E-state index contributed by atoms with van der Waals surface area (Å²) in [6.45, 7) is 0.272. The van der Waals surface area contributed by atoms with E-state index in [4.69, 9.17) is 4.74 Å². The molecule has 1 aliphatic rings. The van der Waals surface area contributed by atoms with Crippen molar-refractivity contribution in [2.45, 2.75) is 18.4 Å². The number of piperidine rings is 1. The Bertz CT molecular complexity index is 1260. The molecule has 0 amide bonds. The Morgan fingerprint density at radius 1 is 1.16 bits per heavy atom. The Morgan fingerprint density at radius 2 is 1.97 bits per heavy atom. The number of alkyl halides is 2. The van der Waals surface area contributed by atoms with E-state index in [0.717, 1.165) is 22.2 Å². The highest BCUT2D eigenvalue weighted by Crippen LogP contribution is 2.33. The van der Waals surface area contributed by atoms with Gasteiger partial charge in [0.1, 0.15) is 5.52 Å². The lowest BCUT2D eigenvalue weighted by atomic mass is 10.0. The number of rotatable bonds is 4. The molecule has 4 aromatic rings. The van der Waals surface area contributed by atoms with E-state index in [1.165, 1.54) is 7.11 Å². The molecule has 3 aromatic heterocycles. The minimum absolute atomic E-state index is 0.102. The number of ether oxygens (including phenoxy) is 1. The van der Waals surface area contributed by atoms with Crippen molar-refractivity contribution in [3.05, 3.63) is 42.9 Å². The van der Waals surface area contributed by atoms with Crippen LogP contribution in [0.1, 0.15) is 6.42 Å². The fraction of sp³-hybridized carbons (Fsp3) is 0.333. The van der Waals surface area contributed by atoms with Crippen LogP contribution in [0.5, 0.6) is 5.88 Å². The third-order valence-corrected chi connectivity index (χ3v) is 5.55. The van der Waals surface area contributed by atoms with E-state index in [1.54, 1.807) is 35.1 Å². The van der Waals surface area contributed by atoms with Crippen LogP contribution in [0.4, 0.5) is 14.7 Å². The van der Waals surface area contributed by atoms with Crippen molar-refractivity contribution in [2.24, 2.45) is 0 Å². The first-order chi connectivity index (χ1) is 14.9. The van der Waals surface area contributed by atoms with E-state index in [0.29, 0.717) is 24.4 Å². The summed E-state index contributed by atoms with van der Waals surface area (Å²) in [6, 6.07) is 6.62. The fourth-order valence-electron chi connectivity index (χ4n) is 4.00. The van der Waals surface area contributed by atoms with E-state index in [1.807, 2.05) is 24.3 Å². The minimum Gasteiger partial charge on any atom is -0.479 e. The smallest absolute Gasteiger partial charge is 0.280 e. The van der Waals surface area contributed by atoms with Crippen molar-refractivity contribution in [2.75, 3.05) is 32.6 Å². The number of fused-ring (bicyclic) bond motifs is 2. The molecule has 0 bridgehead atoms. The third kappa shape index (κ3) is 3.52. The van der Waals surface area contributed by atoms with Gasteiger partial charge >= 0.3 is 0 Å². The fourth-order valence-corrected chi connectivity index (χ4v) is 4.00. The quantitative estimate of drug-likeness (QED) is 0.538. The lowest BCUT2D eigenvalue weighted by Crippen LogP contribution is -2.53. The molecule has 1 N–H and O–H groups in total. The standard InChI is InChI=1S/C21H21F2N7O/c1-29-9-6-17(21(22,23)12-29)26-20-27-19(31-2)18-14(5-10-30(18)28-20)13-3-4-15-16(11-13)25-8-7-24-15/h3-5,7-8,10-11,17H,6,9,12H2,1-2H3,(H,26,28)/t17-/m0/s1. The molecule has 0 radical (unpaired) electrons. The molecule has 1 saturated heterocycles. The minimum atomic E-state index is -2.88. The lowest BCUT2D eigenvalue weighted by molar-refractivity contribution is -0.0675. The molecule has 31 heavy (non-hydrogen) atoms. The number of benzene rings is 1. The van der Waals surface area contributed by atoms with Crippen LogP contribution >= 0.6 is 0 Å². The van der Waals surface area contributed by atoms with Gasteiger partial charge in [0.25, 0.3) is 5.92 Å². The molecule has 1 aromatic carbocycles. The van der Waals surface area contributed by atoms with Crippen LogP contribution in [0.2, 0.25) is 0 Å². The Kier molecular flexibility index (Phi) is 4.66. The number of likely N-dealkylation sites (tertiary alicyclic amines) is 1. The molecule has 1 aliphatic heterocycles. The molecule has 8 nitrogen and oxygen atoms in total. The van der Waals surface area contributed by atoms with Gasteiger partial charge in [-0.05, 0) is 37.2 Å². The Balaban J connectivity index is 1.53. The first-order valence-corrected chi connectivity index (χ1v) is 9.92. The first-order valence-electron chi connectivity index (χ1n) is 9.92. The second-order valence-corrected chi connectivity index (χ2v) is 7.71. The van der Waals surface area contributed by atoms with Gasteiger partial charge in [-0.25, -0.2) is 13.3 Å². The molecule has 0 unspecified atom stereocenters. The number of hydrogen-bond donors (Lipinski definition) is 1. The topological polar surface area (TPSA) is 80.5 Å². The van der Waals surface area contributed by atoms with E-state index < -0.39 is 12.0 Å². The second kappa shape index (κ2) is 7.38. The van der Waals surface area contributed by atoms with Crippen LogP contribution in [-0.4, -0.2) is 68.7 Å².